The van der Waals surface area contributed by atoms with Crippen LogP contribution < -0.4 is 5.32 Å². The van der Waals surface area contributed by atoms with Crippen molar-refractivity contribution in [3.63, 3.8) is 0 Å². The summed E-state index contributed by atoms with van der Waals surface area (Å²) in [7, 11) is 0. The normalized spacial score (nSPS) is 17.3. The molecule has 0 unspecified atom stereocenters. The number of hydrogen-bond acceptors (Lipinski definition) is 3. The number of rotatable bonds is 6. The predicted octanol–water partition coefficient (Wildman–Crippen LogP) is 1.37. The van der Waals surface area contributed by atoms with Crippen LogP contribution in [0.4, 0.5) is 18.0 Å². The Kier molecular flexibility index (Phi) is 7.08. The third-order valence-corrected chi connectivity index (χ3v) is 3.17. The summed E-state index contributed by atoms with van der Waals surface area (Å²) in [6, 6.07) is -0.211. The highest BCUT2D eigenvalue weighted by Crippen LogP contribution is 2.16. The second-order valence-electron chi connectivity index (χ2n) is 4.87. The number of urea groups is 1. The number of hydrogen-bond donors (Lipinski definition) is 2. The van der Waals surface area contributed by atoms with Crippen molar-refractivity contribution in [2.24, 2.45) is 5.92 Å². The molecule has 1 saturated heterocycles. The van der Waals surface area contributed by atoms with E-state index in [4.69, 9.17) is 5.11 Å². The second kappa shape index (κ2) is 8.31. The molecule has 0 aliphatic carbocycles. The third kappa shape index (κ3) is 6.95. The fourth-order valence-corrected chi connectivity index (χ4v) is 1.99. The van der Waals surface area contributed by atoms with Gasteiger partial charge in [0.05, 0.1) is 0 Å². The van der Waals surface area contributed by atoms with Gasteiger partial charge in [0.15, 0.2) is 0 Å². The first-order chi connectivity index (χ1) is 9.42. The maximum Gasteiger partial charge on any atom is 0.411 e. The van der Waals surface area contributed by atoms with Gasteiger partial charge in [-0.3, -0.25) is 0 Å². The molecule has 5 nitrogen and oxygen atoms in total. The minimum Gasteiger partial charge on any atom is -0.396 e. The molecule has 0 saturated carbocycles. The van der Waals surface area contributed by atoms with E-state index in [2.05, 4.69) is 10.1 Å². The number of amides is 2. The number of carbonyl (C=O) groups excluding carboxylic acids is 1. The van der Waals surface area contributed by atoms with Crippen molar-refractivity contribution in [3.05, 3.63) is 0 Å². The summed E-state index contributed by atoms with van der Waals surface area (Å²) in [5, 5.41) is 11.6. The number of nitrogens with one attached hydrogen (secondary N) is 1. The summed E-state index contributed by atoms with van der Waals surface area (Å²) in [5.41, 5.74) is 0. The van der Waals surface area contributed by atoms with Crippen LogP contribution in [0.5, 0.6) is 0 Å². The van der Waals surface area contributed by atoms with Gasteiger partial charge in [-0.25, -0.2) is 4.79 Å². The topological polar surface area (TPSA) is 61.8 Å². The first-order valence-corrected chi connectivity index (χ1v) is 6.70. The molecule has 0 aromatic heterocycles. The van der Waals surface area contributed by atoms with Crippen LogP contribution in [0.25, 0.3) is 0 Å². The van der Waals surface area contributed by atoms with Crippen molar-refractivity contribution in [1.82, 2.24) is 10.2 Å². The molecule has 0 radical (unpaired) electrons. The fraction of sp³-hybridized carbons (Fsp3) is 0.917. The van der Waals surface area contributed by atoms with Crippen LogP contribution in [0.1, 0.15) is 19.3 Å². The number of piperidine rings is 1. The van der Waals surface area contributed by atoms with Crippen LogP contribution in [0, 0.1) is 5.92 Å². The zero-order chi connectivity index (χ0) is 15.0. The minimum atomic E-state index is -4.31. The van der Waals surface area contributed by atoms with Gasteiger partial charge in [-0.15, -0.1) is 0 Å². The number of aliphatic hydroxyl groups is 1. The molecular weight excluding hydrogens is 277 g/mol. The van der Waals surface area contributed by atoms with Gasteiger partial charge in [-0.1, -0.05) is 0 Å². The van der Waals surface area contributed by atoms with E-state index < -0.39 is 12.8 Å². The van der Waals surface area contributed by atoms with Gasteiger partial charge in [0, 0.05) is 32.8 Å². The standard InChI is InChI=1S/C12H21F3N2O3/c13-12(14,15)9-20-7-1-4-16-11(19)17-5-2-10(8-18)3-6-17/h10,18H,1-9H2,(H,16,19). The number of alkyl halides is 3. The molecule has 2 amide bonds. The molecule has 0 aromatic rings. The molecular formula is C12H21F3N2O3. The molecule has 1 aliphatic rings. The van der Waals surface area contributed by atoms with Gasteiger partial charge in [0.25, 0.3) is 0 Å². The lowest BCUT2D eigenvalue weighted by atomic mass is 9.98. The zero-order valence-corrected chi connectivity index (χ0v) is 11.3. The first kappa shape index (κ1) is 17.0. The van der Waals surface area contributed by atoms with Crippen molar-refractivity contribution in [2.45, 2.75) is 25.4 Å². The lowest BCUT2D eigenvalue weighted by molar-refractivity contribution is -0.173. The number of ether oxygens (including phenoxy) is 1. The Morgan fingerprint density at radius 1 is 1.35 bits per heavy atom. The molecule has 0 atom stereocenters. The average Bonchev–Trinajstić information content (AvgIpc) is 2.41. The van der Waals surface area contributed by atoms with Crippen molar-refractivity contribution in [3.8, 4) is 0 Å². The summed E-state index contributed by atoms with van der Waals surface area (Å²) >= 11 is 0. The van der Waals surface area contributed by atoms with Crippen LogP contribution >= 0.6 is 0 Å². The van der Waals surface area contributed by atoms with Crippen molar-refractivity contribution in [1.29, 1.82) is 0 Å². The SMILES string of the molecule is O=C(NCCCOCC(F)(F)F)N1CCC(CO)CC1. The number of halogens is 3. The molecule has 1 heterocycles. The van der Waals surface area contributed by atoms with E-state index in [9.17, 15) is 18.0 Å². The Morgan fingerprint density at radius 2 is 2.00 bits per heavy atom. The minimum absolute atomic E-state index is 0.0353. The number of nitrogens with zero attached hydrogens (tertiary/aromatic N) is 1. The third-order valence-electron chi connectivity index (χ3n) is 3.17. The zero-order valence-electron chi connectivity index (χ0n) is 11.3. The summed E-state index contributed by atoms with van der Waals surface area (Å²) < 4.78 is 39.8. The monoisotopic (exact) mass is 298 g/mol. The highest BCUT2D eigenvalue weighted by molar-refractivity contribution is 5.74. The Morgan fingerprint density at radius 3 is 2.55 bits per heavy atom. The van der Waals surface area contributed by atoms with Gasteiger partial charge >= 0.3 is 12.2 Å². The summed E-state index contributed by atoms with van der Waals surface area (Å²) in [6.07, 6.45) is -2.41. The molecule has 1 aliphatic heterocycles. The Labute approximate surface area is 116 Å². The Hall–Kier alpha value is -1.02. The number of aliphatic hydroxyl groups excluding tert-OH is 1. The van der Waals surface area contributed by atoms with E-state index in [1.165, 1.54) is 0 Å². The smallest absolute Gasteiger partial charge is 0.396 e. The van der Waals surface area contributed by atoms with Crippen molar-refractivity contribution >= 4 is 6.03 Å². The maximum absolute atomic E-state index is 11.8. The summed E-state index contributed by atoms with van der Waals surface area (Å²) in [5.74, 6) is 0.259. The van der Waals surface area contributed by atoms with Gasteiger partial charge in [-0.05, 0) is 25.2 Å². The molecule has 0 bridgehead atoms. The molecule has 8 heteroatoms. The highest BCUT2D eigenvalue weighted by Gasteiger charge is 2.27. The van der Waals surface area contributed by atoms with E-state index in [0.717, 1.165) is 12.8 Å². The average molecular weight is 298 g/mol. The number of likely N-dealkylation sites (tertiary alicyclic amines) is 1. The lowest BCUT2D eigenvalue weighted by Gasteiger charge is -2.31. The maximum atomic E-state index is 11.8. The van der Waals surface area contributed by atoms with Crippen LogP contribution in [-0.2, 0) is 4.74 Å². The molecule has 1 rings (SSSR count). The molecule has 1 fully saturated rings. The summed E-state index contributed by atoms with van der Waals surface area (Å²) in [4.78, 5) is 13.4. The predicted molar refractivity (Wildman–Crippen MR) is 66.3 cm³/mol. The van der Waals surface area contributed by atoms with Crippen LogP contribution in [-0.4, -0.2) is 61.7 Å². The number of carbonyl (C=O) groups is 1. The van der Waals surface area contributed by atoms with Gasteiger partial charge < -0.3 is 20.1 Å². The van der Waals surface area contributed by atoms with Crippen LogP contribution in [0.15, 0.2) is 0 Å². The second-order valence-corrected chi connectivity index (χ2v) is 4.87. The van der Waals surface area contributed by atoms with Crippen LogP contribution in [0.2, 0.25) is 0 Å². The van der Waals surface area contributed by atoms with E-state index in [1.807, 2.05) is 0 Å². The van der Waals surface area contributed by atoms with Gasteiger partial charge in [0.2, 0.25) is 0 Å². The molecule has 20 heavy (non-hydrogen) atoms. The van der Waals surface area contributed by atoms with E-state index in [-0.39, 0.29) is 31.7 Å². The molecule has 118 valence electrons. The van der Waals surface area contributed by atoms with E-state index >= 15 is 0 Å². The lowest BCUT2D eigenvalue weighted by Crippen LogP contribution is -2.45. The fourth-order valence-electron chi connectivity index (χ4n) is 1.99. The molecule has 0 aromatic carbocycles. The van der Waals surface area contributed by atoms with E-state index in [1.54, 1.807) is 4.90 Å². The van der Waals surface area contributed by atoms with Crippen molar-refractivity contribution in [2.75, 3.05) is 39.5 Å². The van der Waals surface area contributed by atoms with Gasteiger partial charge in [0.1, 0.15) is 6.61 Å². The first-order valence-electron chi connectivity index (χ1n) is 6.70. The van der Waals surface area contributed by atoms with E-state index in [0.29, 0.717) is 19.5 Å². The Bertz CT molecular complexity index is 292. The molecule has 2 N–H and O–H groups in total. The Balaban J connectivity index is 2.03. The quantitative estimate of drug-likeness (QED) is 0.728. The van der Waals surface area contributed by atoms with Crippen LogP contribution in [0.3, 0.4) is 0 Å². The highest BCUT2D eigenvalue weighted by atomic mass is 19.4. The largest absolute Gasteiger partial charge is 0.411 e. The van der Waals surface area contributed by atoms with Crippen molar-refractivity contribution < 1.29 is 27.8 Å². The van der Waals surface area contributed by atoms with Gasteiger partial charge in [-0.2, -0.15) is 13.2 Å². The molecule has 0 spiro atoms. The summed E-state index contributed by atoms with van der Waals surface area (Å²) in [6.45, 7) is 0.341.